The molecule has 0 saturated carbocycles. The van der Waals surface area contributed by atoms with Gasteiger partial charge in [0.25, 0.3) is 0 Å². The highest BCUT2D eigenvalue weighted by Crippen LogP contribution is 2.05. The van der Waals surface area contributed by atoms with E-state index in [0.717, 1.165) is 37.7 Å². The number of carbonyl (C=O) groups is 1. The first-order chi connectivity index (χ1) is 13.8. The fraction of sp³-hybridized carbons (Fsp3) is 0.480. The lowest BCUT2D eigenvalue weighted by Gasteiger charge is -2.01. The summed E-state index contributed by atoms with van der Waals surface area (Å²) in [5, 5.41) is 0. The van der Waals surface area contributed by atoms with Gasteiger partial charge in [0.05, 0.1) is 12.5 Å². The van der Waals surface area contributed by atoms with Crippen LogP contribution in [0.25, 0.3) is 0 Å². The number of rotatable bonds is 16. The fourth-order valence-corrected chi connectivity index (χ4v) is 2.54. The van der Waals surface area contributed by atoms with Gasteiger partial charge in [-0.15, -0.1) is 0 Å². The van der Waals surface area contributed by atoms with Crippen LogP contribution in [0.2, 0.25) is 0 Å². The molecule has 0 spiro atoms. The first-order valence-corrected chi connectivity index (χ1v) is 10.6. The average Bonchev–Trinajstić information content (AvgIpc) is 3.22. The monoisotopic (exact) mass is 384 g/mol. The van der Waals surface area contributed by atoms with Crippen LogP contribution < -0.4 is 0 Å². The lowest BCUT2D eigenvalue weighted by molar-refractivity contribution is -0.145. The molecule has 1 aromatic heterocycles. The maximum absolute atomic E-state index is 11.6. The summed E-state index contributed by atoms with van der Waals surface area (Å²) >= 11 is 0. The molecular weight excluding hydrogens is 348 g/mol. The van der Waals surface area contributed by atoms with E-state index in [0.29, 0.717) is 13.0 Å². The number of furan rings is 1. The lowest BCUT2D eigenvalue weighted by atomic mass is 10.2. The molecule has 0 atom stereocenters. The van der Waals surface area contributed by atoms with Gasteiger partial charge in [0.1, 0.15) is 6.61 Å². The molecule has 0 fully saturated rings. The molecule has 0 bridgehead atoms. The zero-order valence-corrected chi connectivity index (χ0v) is 17.4. The summed E-state index contributed by atoms with van der Waals surface area (Å²) in [6.07, 6.45) is 31.1. The molecule has 3 nitrogen and oxygen atoms in total. The van der Waals surface area contributed by atoms with Crippen LogP contribution >= 0.6 is 0 Å². The second-order valence-electron chi connectivity index (χ2n) is 6.77. The van der Waals surface area contributed by atoms with Crippen molar-refractivity contribution in [2.24, 2.45) is 0 Å². The van der Waals surface area contributed by atoms with Crippen LogP contribution in [0.3, 0.4) is 0 Å². The molecule has 0 saturated heterocycles. The summed E-state index contributed by atoms with van der Waals surface area (Å²) in [5.41, 5.74) is 0.883. The van der Waals surface area contributed by atoms with Gasteiger partial charge in [0.2, 0.25) is 0 Å². The molecule has 154 valence electrons. The maximum Gasteiger partial charge on any atom is 0.306 e. The highest BCUT2D eigenvalue weighted by atomic mass is 16.5. The van der Waals surface area contributed by atoms with E-state index in [2.05, 4.69) is 55.5 Å². The third-order valence-corrected chi connectivity index (χ3v) is 4.19. The summed E-state index contributed by atoms with van der Waals surface area (Å²) in [4.78, 5) is 11.6. The molecule has 1 aromatic rings. The first kappa shape index (κ1) is 23.7. The molecule has 0 amide bonds. The molecule has 0 aliphatic heterocycles. The Morgan fingerprint density at radius 3 is 2.07 bits per heavy atom. The van der Waals surface area contributed by atoms with E-state index >= 15 is 0 Å². The van der Waals surface area contributed by atoms with Gasteiger partial charge in [-0.25, -0.2) is 0 Å². The molecule has 3 heteroatoms. The van der Waals surface area contributed by atoms with Crippen LogP contribution in [0.15, 0.2) is 71.6 Å². The number of carbonyl (C=O) groups excluding carboxylic acids is 1. The topological polar surface area (TPSA) is 39.4 Å². The van der Waals surface area contributed by atoms with Gasteiger partial charge in [-0.2, -0.15) is 0 Å². The van der Waals surface area contributed by atoms with Crippen molar-refractivity contribution in [2.45, 2.75) is 77.7 Å². The maximum atomic E-state index is 11.6. The molecule has 28 heavy (non-hydrogen) atoms. The summed E-state index contributed by atoms with van der Waals surface area (Å²) in [7, 11) is 0. The summed E-state index contributed by atoms with van der Waals surface area (Å²) in [6.45, 7) is 2.53. The normalized spacial score (nSPS) is 12.2. The van der Waals surface area contributed by atoms with Crippen molar-refractivity contribution in [3.05, 3.63) is 72.8 Å². The van der Waals surface area contributed by atoms with Crippen molar-refractivity contribution < 1.29 is 13.9 Å². The first-order valence-electron chi connectivity index (χ1n) is 10.6. The van der Waals surface area contributed by atoms with Gasteiger partial charge in [-0.05, 0) is 51.0 Å². The summed E-state index contributed by atoms with van der Waals surface area (Å²) in [5.74, 6) is -0.155. The minimum absolute atomic E-state index is 0.155. The van der Waals surface area contributed by atoms with E-state index < -0.39 is 0 Å². The fourth-order valence-electron chi connectivity index (χ4n) is 2.54. The SMILES string of the molecule is CCCCC/C=C\C/C=C\C/C=C\C/C=C\CCCC(=O)OCc1ccoc1. The predicted molar refractivity (Wildman–Crippen MR) is 117 cm³/mol. The molecule has 0 aromatic carbocycles. The van der Waals surface area contributed by atoms with Crippen LogP contribution in [0.4, 0.5) is 0 Å². The minimum atomic E-state index is -0.155. The number of ether oxygens (including phenoxy) is 1. The second-order valence-corrected chi connectivity index (χ2v) is 6.77. The Balaban J connectivity index is 1.91. The third-order valence-electron chi connectivity index (χ3n) is 4.19. The van der Waals surface area contributed by atoms with Crippen LogP contribution in [0.1, 0.15) is 76.7 Å². The number of allylic oxidation sites excluding steroid dienone is 8. The van der Waals surface area contributed by atoms with Crippen molar-refractivity contribution in [1.29, 1.82) is 0 Å². The number of unbranched alkanes of at least 4 members (excludes halogenated alkanes) is 4. The Bertz CT molecular complexity index is 591. The second kappa shape index (κ2) is 18.1. The van der Waals surface area contributed by atoms with Gasteiger partial charge in [-0.3, -0.25) is 4.79 Å². The van der Waals surface area contributed by atoms with Gasteiger partial charge in [-0.1, -0.05) is 68.4 Å². The Morgan fingerprint density at radius 2 is 1.50 bits per heavy atom. The van der Waals surface area contributed by atoms with Crippen molar-refractivity contribution in [3.63, 3.8) is 0 Å². The van der Waals surface area contributed by atoms with Crippen molar-refractivity contribution in [3.8, 4) is 0 Å². The molecule has 1 heterocycles. The zero-order chi connectivity index (χ0) is 20.1. The Kier molecular flexibility index (Phi) is 15.3. The Morgan fingerprint density at radius 1 is 0.893 bits per heavy atom. The summed E-state index contributed by atoms with van der Waals surface area (Å²) in [6, 6.07) is 1.80. The quantitative estimate of drug-likeness (QED) is 0.169. The molecule has 0 N–H and O–H groups in total. The van der Waals surface area contributed by atoms with Crippen LogP contribution in [-0.4, -0.2) is 5.97 Å². The molecule has 1 rings (SSSR count). The highest BCUT2D eigenvalue weighted by Gasteiger charge is 2.02. The van der Waals surface area contributed by atoms with Crippen molar-refractivity contribution in [2.75, 3.05) is 0 Å². The van der Waals surface area contributed by atoms with Gasteiger partial charge in [0, 0.05) is 12.0 Å². The van der Waals surface area contributed by atoms with E-state index in [9.17, 15) is 4.79 Å². The molecule has 0 unspecified atom stereocenters. The van der Waals surface area contributed by atoms with E-state index in [-0.39, 0.29) is 5.97 Å². The zero-order valence-electron chi connectivity index (χ0n) is 17.4. The van der Waals surface area contributed by atoms with Gasteiger partial charge >= 0.3 is 5.97 Å². The van der Waals surface area contributed by atoms with Crippen molar-refractivity contribution in [1.82, 2.24) is 0 Å². The molecule has 0 radical (unpaired) electrons. The van der Waals surface area contributed by atoms with Crippen LogP contribution in [0.5, 0.6) is 0 Å². The highest BCUT2D eigenvalue weighted by molar-refractivity contribution is 5.69. The Hall–Kier alpha value is -2.29. The van der Waals surface area contributed by atoms with Crippen molar-refractivity contribution >= 4 is 5.97 Å². The van der Waals surface area contributed by atoms with E-state index in [4.69, 9.17) is 9.15 Å². The average molecular weight is 385 g/mol. The van der Waals surface area contributed by atoms with E-state index in [1.54, 1.807) is 18.6 Å². The smallest absolute Gasteiger partial charge is 0.306 e. The minimum Gasteiger partial charge on any atom is -0.472 e. The van der Waals surface area contributed by atoms with Crippen LogP contribution in [-0.2, 0) is 16.1 Å². The van der Waals surface area contributed by atoms with E-state index in [1.165, 1.54) is 25.7 Å². The lowest BCUT2D eigenvalue weighted by Crippen LogP contribution is -2.03. The van der Waals surface area contributed by atoms with Gasteiger partial charge < -0.3 is 9.15 Å². The largest absolute Gasteiger partial charge is 0.472 e. The predicted octanol–water partition coefficient (Wildman–Crippen LogP) is 7.47. The number of esters is 1. The molecular formula is C25H36O3. The number of hydrogen-bond donors (Lipinski definition) is 0. The Labute approximate surface area is 170 Å². The molecule has 0 aliphatic carbocycles. The number of hydrogen-bond acceptors (Lipinski definition) is 3. The standard InChI is InChI=1S/C25H36O3/c1-2-3-4-5-6-7-8-9-10-11-12-13-14-15-16-17-18-19-25(26)28-23-24-20-21-27-22-24/h6-7,9-10,12-13,15-16,20-22H,2-5,8,11,14,17-19,23H2,1H3/b7-6-,10-9-,13-12-,16-15-. The summed E-state index contributed by atoms with van der Waals surface area (Å²) < 4.78 is 10.1. The van der Waals surface area contributed by atoms with Crippen LogP contribution in [0, 0.1) is 0 Å². The van der Waals surface area contributed by atoms with E-state index in [1.807, 2.05) is 0 Å². The molecule has 0 aliphatic rings. The van der Waals surface area contributed by atoms with Gasteiger partial charge in [0.15, 0.2) is 0 Å². The third kappa shape index (κ3) is 14.8.